The summed E-state index contributed by atoms with van der Waals surface area (Å²) in [4.78, 5) is 11.5. The minimum atomic E-state index is -0.195. The van der Waals surface area contributed by atoms with Gasteiger partial charge in [-0.2, -0.15) is 5.10 Å². The van der Waals surface area contributed by atoms with E-state index in [2.05, 4.69) is 16.3 Å². The summed E-state index contributed by atoms with van der Waals surface area (Å²) in [6.07, 6.45) is 8.28. The molecule has 78 valence electrons. The van der Waals surface area contributed by atoms with Crippen molar-refractivity contribution in [2.45, 2.75) is 6.04 Å². The lowest BCUT2D eigenvalue weighted by Crippen LogP contribution is -2.31. The number of carbonyl (C=O) groups is 1. The lowest BCUT2D eigenvalue weighted by molar-refractivity contribution is -0.0286. The first kappa shape index (κ1) is 9.74. The monoisotopic (exact) mass is 205 g/mol. The van der Waals surface area contributed by atoms with Crippen LogP contribution in [-0.2, 0) is 4.74 Å². The van der Waals surface area contributed by atoms with Gasteiger partial charge < -0.3 is 10.1 Å². The average molecular weight is 205 g/mol. The van der Waals surface area contributed by atoms with Crippen LogP contribution in [0.1, 0.15) is 16.4 Å². The van der Waals surface area contributed by atoms with Gasteiger partial charge in [-0.15, -0.1) is 6.42 Å². The van der Waals surface area contributed by atoms with Crippen LogP contribution in [0.2, 0.25) is 0 Å². The van der Waals surface area contributed by atoms with Gasteiger partial charge in [0.05, 0.1) is 37.6 Å². The predicted octanol–water partition coefficient (Wildman–Crippen LogP) is -0.183. The Bertz CT molecular complexity index is 401. The van der Waals surface area contributed by atoms with Crippen LogP contribution in [0, 0.1) is 12.3 Å². The van der Waals surface area contributed by atoms with Crippen LogP contribution in [0.3, 0.4) is 0 Å². The van der Waals surface area contributed by atoms with Gasteiger partial charge in [-0.05, 0) is 0 Å². The smallest absolute Gasteiger partial charge is 0.255 e. The largest absolute Gasteiger partial charge is 0.377 e. The number of terminal acetylenes is 1. The van der Waals surface area contributed by atoms with Crippen LogP contribution in [0.15, 0.2) is 12.4 Å². The molecule has 0 radical (unpaired) electrons. The molecule has 1 aliphatic rings. The van der Waals surface area contributed by atoms with Gasteiger partial charge in [-0.1, -0.05) is 5.92 Å². The van der Waals surface area contributed by atoms with Gasteiger partial charge in [0.25, 0.3) is 5.91 Å². The molecule has 0 aliphatic carbocycles. The van der Waals surface area contributed by atoms with Crippen molar-refractivity contribution in [3.05, 3.63) is 18.0 Å². The summed E-state index contributed by atoms with van der Waals surface area (Å²) in [7, 11) is 0. The zero-order valence-electron chi connectivity index (χ0n) is 8.14. The molecule has 0 saturated carbocycles. The van der Waals surface area contributed by atoms with Gasteiger partial charge in [0.15, 0.2) is 0 Å². The summed E-state index contributed by atoms with van der Waals surface area (Å²) in [6, 6.07) is 0.263. The summed E-state index contributed by atoms with van der Waals surface area (Å²) in [5.41, 5.74) is 0.525. The number of nitrogens with one attached hydrogen (secondary N) is 1. The maximum Gasteiger partial charge on any atom is 0.255 e. The Kier molecular flexibility index (Phi) is 2.70. The second-order valence-electron chi connectivity index (χ2n) is 3.29. The first-order chi connectivity index (χ1) is 7.31. The van der Waals surface area contributed by atoms with Crippen LogP contribution in [0.5, 0.6) is 0 Å². The Balaban J connectivity index is 2.00. The minimum absolute atomic E-state index is 0.195. The normalized spacial score (nSPS) is 15.4. The highest BCUT2D eigenvalue weighted by molar-refractivity contribution is 5.93. The predicted molar refractivity (Wildman–Crippen MR) is 53.2 cm³/mol. The van der Waals surface area contributed by atoms with Crippen LogP contribution < -0.4 is 5.32 Å². The van der Waals surface area contributed by atoms with Crippen molar-refractivity contribution >= 4 is 5.91 Å². The SMILES string of the molecule is C#CCNC(=O)c1cnn(C2COC2)c1. The molecular formula is C10H11N3O2. The zero-order chi connectivity index (χ0) is 10.7. The van der Waals surface area contributed by atoms with Crippen LogP contribution >= 0.6 is 0 Å². The number of hydrogen-bond donors (Lipinski definition) is 1. The van der Waals surface area contributed by atoms with E-state index < -0.39 is 0 Å². The van der Waals surface area contributed by atoms with Crippen LogP contribution in [0.25, 0.3) is 0 Å². The van der Waals surface area contributed by atoms with Crippen molar-refractivity contribution in [2.24, 2.45) is 0 Å². The first-order valence-corrected chi connectivity index (χ1v) is 4.65. The van der Waals surface area contributed by atoms with E-state index in [4.69, 9.17) is 11.2 Å². The fraction of sp³-hybridized carbons (Fsp3) is 0.400. The van der Waals surface area contributed by atoms with E-state index >= 15 is 0 Å². The molecule has 1 aromatic rings. The standard InChI is InChI=1S/C10H11N3O2/c1-2-3-11-10(14)8-4-12-13(5-8)9-6-15-7-9/h1,4-5,9H,3,6-7H2,(H,11,14). The van der Waals surface area contributed by atoms with E-state index in [-0.39, 0.29) is 18.5 Å². The lowest BCUT2D eigenvalue weighted by atomic mass is 10.2. The molecule has 5 heteroatoms. The van der Waals surface area contributed by atoms with Gasteiger partial charge in [0.2, 0.25) is 0 Å². The molecule has 1 aliphatic heterocycles. The van der Waals surface area contributed by atoms with E-state index in [1.165, 1.54) is 6.20 Å². The Morgan fingerprint density at radius 1 is 1.80 bits per heavy atom. The van der Waals surface area contributed by atoms with Crippen molar-refractivity contribution in [3.8, 4) is 12.3 Å². The van der Waals surface area contributed by atoms with Crippen molar-refractivity contribution < 1.29 is 9.53 Å². The highest BCUT2D eigenvalue weighted by Gasteiger charge is 2.21. The second kappa shape index (κ2) is 4.15. The summed E-state index contributed by atoms with van der Waals surface area (Å²) in [5, 5.41) is 6.67. The molecule has 2 rings (SSSR count). The number of carbonyl (C=O) groups excluding carboxylic acids is 1. The molecule has 1 N–H and O–H groups in total. The van der Waals surface area contributed by atoms with E-state index in [0.717, 1.165) is 0 Å². The van der Waals surface area contributed by atoms with Crippen molar-refractivity contribution in [1.82, 2.24) is 15.1 Å². The van der Waals surface area contributed by atoms with Crippen molar-refractivity contribution in [3.63, 3.8) is 0 Å². The molecule has 5 nitrogen and oxygen atoms in total. The van der Waals surface area contributed by atoms with Crippen molar-refractivity contribution in [1.29, 1.82) is 0 Å². The summed E-state index contributed by atoms with van der Waals surface area (Å²) in [5.74, 6) is 2.15. The van der Waals surface area contributed by atoms with Crippen molar-refractivity contribution in [2.75, 3.05) is 19.8 Å². The molecule has 0 aromatic carbocycles. The van der Waals surface area contributed by atoms with Gasteiger partial charge in [0, 0.05) is 6.20 Å². The Hall–Kier alpha value is -1.80. The molecule has 1 aromatic heterocycles. The number of ether oxygens (including phenoxy) is 1. The maximum absolute atomic E-state index is 11.5. The van der Waals surface area contributed by atoms with E-state index in [1.807, 2.05) is 0 Å². The van der Waals surface area contributed by atoms with E-state index in [0.29, 0.717) is 18.8 Å². The zero-order valence-corrected chi connectivity index (χ0v) is 8.14. The van der Waals surface area contributed by atoms with E-state index in [1.54, 1.807) is 10.9 Å². The Labute approximate surface area is 87.4 Å². The van der Waals surface area contributed by atoms with Gasteiger partial charge in [-0.3, -0.25) is 9.48 Å². The van der Waals surface area contributed by atoms with E-state index in [9.17, 15) is 4.79 Å². The number of aromatic nitrogens is 2. The first-order valence-electron chi connectivity index (χ1n) is 4.65. The fourth-order valence-corrected chi connectivity index (χ4v) is 1.26. The Morgan fingerprint density at radius 3 is 3.20 bits per heavy atom. The maximum atomic E-state index is 11.5. The van der Waals surface area contributed by atoms with Crippen LogP contribution in [0.4, 0.5) is 0 Å². The molecule has 0 spiro atoms. The molecular weight excluding hydrogens is 194 g/mol. The van der Waals surface area contributed by atoms with Gasteiger partial charge in [0.1, 0.15) is 0 Å². The minimum Gasteiger partial charge on any atom is -0.377 e. The number of amides is 1. The third-order valence-corrected chi connectivity index (χ3v) is 2.21. The molecule has 1 fully saturated rings. The average Bonchev–Trinajstić information content (AvgIpc) is 2.60. The molecule has 0 bridgehead atoms. The summed E-state index contributed by atoms with van der Waals surface area (Å²) < 4.78 is 6.78. The molecule has 1 saturated heterocycles. The highest BCUT2D eigenvalue weighted by Crippen LogP contribution is 2.16. The second-order valence-corrected chi connectivity index (χ2v) is 3.29. The van der Waals surface area contributed by atoms with Crippen LogP contribution in [-0.4, -0.2) is 35.4 Å². The Morgan fingerprint density at radius 2 is 2.60 bits per heavy atom. The molecule has 2 heterocycles. The van der Waals surface area contributed by atoms with Gasteiger partial charge >= 0.3 is 0 Å². The molecule has 15 heavy (non-hydrogen) atoms. The van der Waals surface area contributed by atoms with Gasteiger partial charge in [-0.25, -0.2) is 0 Å². The summed E-state index contributed by atoms with van der Waals surface area (Å²) >= 11 is 0. The lowest BCUT2D eigenvalue weighted by Gasteiger charge is -2.25. The number of nitrogens with zero attached hydrogens (tertiary/aromatic N) is 2. The quantitative estimate of drug-likeness (QED) is 0.696. The summed E-state index contributed by atoms with van der Waals surface area (Å²) in [6.45, 7) is 1.55. The highest BCUT2D eigenvalue weighted by atomic mass is 16.5. The molecule has 0 atom stereocenters. The fourth-order valence-electron chi connectivity index (χ4n) is 1.26. The topological polar surface area (TPSA) is 56.2 Å². The third kappa shape index (κ3) is 2.00. The number of rotatable bonds is 3. The third-order valence-electron chi connectivity index (χ3n) is 2.21. The number of hydrogen-bond acceptors (Lipinski definition) is 3. The molecule has 1 amide bonds. The molecule has 0 unspecified atom stereocenters.